The molecule has 1 aliphatic rings. The highest BCUT2D eigenvalue weighted by atomic mass is 16.2. The molecular weight excluding hydrogens is 202 g/mol. The van der Waals surface area contributed by atoms with Gasteiger partial charge in [-0.15, -0.1) is 0 Å². The van der Waals surface area contributed by atoms with E-state index in [4.69, 9.17) is 0 Å². The first-order chi connectivity index (χ1) is 7.74. The van der Waals surface area contributed by atoms with E-state index in [1.165, 1.54) is 0 Å². The minimum absolute atomic E-state index is 0.0126. The predicted molar refractivity (Wildman–Crippen MR) is 66.4 cm³/mol. The molecule has 2 N–H and O–H groups in total. The minimum atomic E-state index is 0.0126. The number of carbonyl (C=O) groups excluding carboxylic acids is 1. The molecule has 0 bridgehead atoms. The highest BCUT2D eigenvalue weighted by Gasteiger charge is 2.31. The molecule has 0 saturated carbocycles. The number of hydrogen-bond donors (Lipinski definition) is 2. The van der Waals surface area contributed by atoms with Gasteiger partial charge < -0.3 is 10.6 Å². The van der Waals surface area contributed by atoms with Gasteiger partial charge in [0.15, 0.2) is 0 Å². The second-order valence-corrected chi connectivity index (χ2v) is 4.32. The first-order valence-electron chi connectivity index (χ1n) is 6.48. The maximum absolute atomic E-state index is 12.0. The van der Waals surface area contributed by atoms with Gasteiger partial charge in [-0.25, -0.2) is 0 Å². The van der Waals surface area contributed by atoms with Crippen LogP contribution >= 0.6 is 0 Å². The zero-order valence-electron chi connectivity index (χ0n) is 10.8. The number of nitrogens with zero attached hydrogens (tertiary/aromatic N) is 1. The Balaban J connectivity index is 2.66. The van der Waals surface area contributed by atoms with Gasteiger partial charge in [-0.05, 0) is 19.8 Å². The van der Waals surface area contributed by atoms with Gasteiger partial charge in [0.05, 0.1) is 0 Å². The van der Waals surface area contributed by atoms with Gasteiger partial charge in [0.25, 0.3) is 0 Å². The van der Waals surface area contributed by atoms with Crippen molar-refractivity contribution in [1.29, 1.82) is 0 Å². The summed E-state index contributed by atoms with van der Waals surface area (Å²) in [6.45, 7) is 9.83. The summed E-state index contributed by atoms with van der Waals surface area (Å²) in [7, 11) is 0. The van der Waals surface area contributed by atoms with Crippen LogP contribution in [0.3, 0.4) is 0 Å². The molecule has 1 atom stereocenters. The van der Waals surface area contributed by atoms with Crippen molar-refractivity contribution in [3.05, 3.63) is 0 Å². The lowest BCUT2D eigenvalue weighted by atomic mass is 10.0. The van der Waals surface area contributed by atoms with E-state index in [9.17, 15) is 4.79 Å². The molecule has 0 aromatic rings. The second kappa shape index (κ2) is 6.86. The summed E-state index contributed by atoms with van der Waals surface area (Å²) in [4.78, 5) is 14.3. The van der Waals surface area contributed by atoms with E-state index >= 15 is 0 Å². The zero-order chi connectivity index (χ0) is 12.0. The third-order valence-electron chi connectivity index (χ3n) is 3.35. The molecule has 1 aliphatic heterocycles. The predicted octanol–water partition coefficient (Wildman–Crippen LogP) is 0.585. The van der Waals surface area contributed by atoms with E-state index in [2.05, 4.69) is 29.4 Å². The fourth-order valence-corrected chi connectivity index (χ4v) is 2.45. The van der Waals surface area contributed by atoms with Crippen LogP contribution in [0.4, 0.5) is 0 Å². The normalized spacial score (nSPS) is 22.4. The molecule has 1 unspecified atom stereocenters. The molecule has 0 aromatic carbocycles. The average molecular weight is 227 g/mol. The van der Waals surface area contributed by atoms with Crippen molar-refractivity contribution in [1.82, 2.24) is 15.5 Å². The molecule has 4 heteroatoms. The smallest absolute Gasteiger partial charge is 0.238 e. The van der Waals surface area contributed by atoms with Gasteiger partial charge in [0, 0.05) is 32.2 Å². The van der Waals surface area contributed by atoms with Crippen molar-refractivity contribution in [2.75, 3.05) is 26.2 Å². The van der Waals surface area contributed by atoms with Gasteiger partial charge in [0.2, 0.25) is 5.91 Å². The number of piperazine rings is 1. The van der Waals surface area contributed by atoms with Crippen molar-refractivity contribution in [2.45, 2.75) is 45.7 Å². The lowest BCUT2D eigenvalue weighted by molar-refractivity contribution is -0.128. The Labute approximate surface area is 98.8 Å². The Kier molecular flexibility index (Phi) is 5.77. The maximum atomic E-state index is 12.0. The molecule has 0 aliphatic carbocycles. The van der Waals surface area contributed by atoms with Gasteiger partial charge >= 0.3 is 0 Å². The fraction of sp³-hybridized carbons (Fsp3) is 0.917. The van der Waals surface area contributed by atoms with Crippen LogP contribution in [0.2, 0.25) is 0 Å². The number of rotatable bonds is 5. The van der Waals surface area contributed by atoms with Gasteiger partial charge in [-0.1, -0.05) is 13.8 Å². The number of carbonyl (C=O) groups is 1. The van der Waals surface area contributed by atoms with Crippen molar-refractivity contribution < 1.29 is 4.79 Å². The van der Waals surface area contributed by atoms with Crippen LogP contribution in [-0.4, -0.2) is 49.1 Å². The average Bonchev–Trinajstić information content (AvgIpc) is 2.31. The Morgan fingerprint density at radius 2 is 2.12 bits per heavy atom. The van der Waals surface area contributed by atoms with E-state index in [0.717, 1.165) is 32.5 Å². The van der Waals surface area contributed by atoms with Crippen LogP contribution in [-0.2, 0) is 4.79 Å². The topological polar surface area (TPSA) is 44.4 Å². The van der Waals surface area contributed by atoms with E-state index in [0.29, 0.717) is 12.6 Å². The monoisotopic (exact) mass is 227 g/mol. The van der Waals surface area contributed by atoms with E-state index < -0.39 is 0 Å². The largest absolute Gasteiger partial charge is 0.355 e. The summed E-state index contributed by atoms with van der Waals surface area (Å²) < 4.78 is 0. The Morgan fingerprint density at radius 3 is 2.69 bits per heavy atom. The minimum Gasteiger partial charge on any atom is -0.355 e. The summed E-state index contributed by atoms with van der Waals surface area (Å²) in [5.41, 5.74) is 0. The Hall–Kier alpha value is -0.610. The van der Waals surface area contributed by atoms with Gasteiger partial charge in [-0.2, -0.15) is 0 Å². The third-order valence-corrected chi connectivity index (χ3v) is 3.35. The summed E-state index contributed by atoms with van der Waals surface area (Å²) >= 11 is 0. The quantitative estimate of drug-likeness (QED) is 0.722. The highest BCUT2D eigenvalue weighted by Crippen LogP contribution is 2.14. The van der Waals surface area contributed by atoms with Crippen molar-refractivity contribution in [3.8, 4) is 0 Å². The number of nitrogens with one attached hydrogen (secondary N) is 2. The van der Waals surface area contributed by atoms with Crippen LogP contribution in [0.25, 0.3) is 0 Å². The Morgan fingerprint density at radius 1 is 1.44 bits per heavy atom. The molecule has 1 saturated heterocycles. The molecule has 0 spiro atoms. The third kappa shape index (κ3) is 3.19. The van der Waals surface area contributed by atoms with Crippen molar-refractivity contribution in [2.24, 2.45) is 0 Å². The lowest BCUT2D eigenvalue weighted by Gasteiger charge is -2.40. The molecule has 0 radical (unpaired) electrons. The molecule has 1 fully saturated rings. The molecular formula is C12H25N3O. The SMILES string of the molecule is CCNC(=O)C1CNCCN1C(CC)CC. The van der Waals surface area contributed by atoms with Gasteiger partial charge in [0.1, 0.15) is 6.04 Å². The maximum Gasteiger partial charge on any atom is 0.238 e. The number of hydrogen-bond acceptors (Lipinski definition) is 3. The fourth-order valence-electron chi connectivity index (χ4n) is 2.45. The molecule has 0 aromatic heterocycles. The van der Waals surface area contributed by atoms with E-state index in [1.54, 1.807) is 0 Å². The van der Waals surface area contributed by atoms with Crippen LogP contribution in [0.5, 0.6) is 0 Å². The lowest BCUT2D eigenvalue weighted by Crippen LogP contribution is -2.60. The highest BCUT2D eigenvalue weighted by molar-refractivity contribution is 5.82. The molecule has 1 amide bonds. The number of likely N-dealkylation sites (N-methyl/N-ethyl adjacent to an activating group) is 1. The number of amides is 1. The summed E-state index contributed by atoms with van der Waals surface area (Å²) in [6.07, 6.45) is 2.23. The molecule has 94 valence electrons. The molecule has 1 heterocycles. The molecule has 16 heavy (non-hydrogen) atoms. The first kappa shape index (κ1) is 13.5. The summed E-state index contributed by atoms with van der Waals surface area (Å²) in [6, 6.07) is 0.549. The van der Waals surface area contributed by atoms with Crippen molar-refractivity contribution >= 4 is 5.91 Å². The molecule has 1 rings (SSSR count). The van der Waals surface area contributed by atoms with Crippen LogP contribution in [0.1, 0.15) is 33.6 Å². The second-order valence-electron chi connectivity index (χ2n) is 4.32. The Bertz CT molecular complexity index is 216. The molecule has 4 nitrogen and oxygen atoms in total. The zero-order valence-corrected chi connectivity index (χ0v) is 10.8. The van der Waals surface area contributed by atoms with Crippen molar-refractivity contribution in [3.63, 3.8) is 0 Å². The first-order valence-corrected chi connectivity index (χ1v) is 6.48. The van der Waals surface area contributed by atoms with Crippen LogP contribution in [0.15, 0.2) is 0 Å². The van der Waals surface area contributed by atoms with E-state index in [-0.39, 0.29) is 11.9 Å². The standard InChI is InChI=1S/C12H25N3O/c1-4-10(5-2)15-8-7-13-9-11(15)12(16)14-6-3/h10-11,13H,4-9H2,1-3H3,(H,14,16). The van der Waals surface area contributed by atoms with Gasteiger partial charge in [-0.3, -0.25) is 9.69 Å². The van der Waals surface area contributed by atoms with Crippen LogP contribution < -0.4 is 10.6 Å². The van der Waals surface area contributed by atoms with Crippen LogP contribution in [0, 0.1) is 0 Å². The van der Waals surface area contributed by atoms with E-state index in [1.807, 2.05) is 6.92 Å². The summed E-state index contributed by atoms with van der Waals surface area (Å²) in [5.74, 6) is 0.168. The summed E-state index contributed by atoms with van der Waals surface area (Å²) in [5, 5.41) is 6.23.